The summed E-state index contributed by atoms with van der Waals surface area (Å²) in [5, 5.41) is 14.1. The second kappa shape index (κ2) is 6.69. The molecule has 0 aromatic heterocycles. The maximum absolute atomic E-state index is 12.4. The van der Waals surface area contributed by atoms with Crippen molar-refractivity contribution in [3.63, 3.8) is 0 Å². The molecule has 0 bridgehead atoms. The molecule has 0 unspecified atom stereocenters. The predicted octanol–water partition coefficient (Wildman–Crippen LogP) is -0.680. The first-order valence-corrected chi connectivity index (χ1v) is 7.13. The third-order valence-electron chi connectivity index (χ3n) is 3.86. The van der Waals surface area contributed by atoms with Crippen LogP contribution in [-0.4, -0.2) is 59.5 Å². The number of nitrogens with zero attached hydrogens (tertiary/aromatic N) is 1. The van der Waals surface area contributed by atoms with Crippen molar-refractivity contribution in [3.8, 4) is 0 Å². The molecule has 7 heteroatoms. The van der Waals surface area contributed by atoms with Gasteiger partial charge < -0.3 is 20.6 Å². The number of hydrogen-bond donors (Lipinski definition) is 3. The standard InChI is InChI=1S/C13H21N3O4/c17-11(18)8-15-12(19)10-5-1-2-7-16(10)13(20)9-4-3-6-14-9/h9-10,14H,1-8H2,(H,15,19)(H,17,18)/t9-,10-/m0/s1. The highest BCUT2D eigenvalue weighted by molar-refractivity contribution is 5.91. The summed E-state index contributed by atoms with van der Waals surface area (Å²) >= 11 is 0. The van der Waals surface area contributed by atoms with Gasteiger partial charge in [-0.2, -0.15) is 0 Å². The second-order valence-electron chi connectivity index (χ2n) is 5.30. The van der Waals surface area contributed by atoms with Gasteiger partial charge >= 0.3 is 5.97 Å². The second-order valence-corrected chi connectivity index (χ2v) is 5.30. The third-order valence-corrected chi connectivity index (χ3v) is 3.86. The molecular weight excluding hydrogens is 262 g/mol. The van der Waals surface area contributed by atoms with E-state index in [1.807, 2.05) is 0 Å². The van der Waals surface area contributed by atoms with Crippen LogP contribution < -0.4 is 10.6 Å². The Hall–Kier alpha value is -1.63. The number of likely N-dealkylation sites (tertiary alicyclic amines) is 1. The van der Waals surface area contributed by atoms with Crippen molar-refractivity contribution >= 4 is 17.8 Å². The summed E-state index contributed by atoms with van der Waals surface area (Å²) < 4.78 is 0. The van der Waals surface area contributed by atoms with Gasteiger partial charge in [-0.05, 0) is 38.6 Å². The molecule has 0 aliphatic carbocycles. The maximum Gasteiger partial charge on any atom is 0.322 e. The number of piperidine rings is 1. The lowest BCUT2D eigenvalue weighted by atomic mass is 10.00. The first-order valence-electron chi connectivity index (χ1n) is 7.13. The fourth-order valence-corrected chi connectivity index (χ4v) is 2.84. The highest BCUT2D eigenvalue weighted by Gasteiger charge is 2.36. The van der Waals surface area contributed by atoms with Crippen LogP contribution in [0, 0.1) is 0 Å². The van der Waals surface area contributed by atoms with E-state index in [4.69, 9.17) is 5.11 Å². The van der Waals surface area contributed by atoms with E-state index in [0.717, 1.165) is 32.2 Å². The van der Waals surface area contributed by atoms with Crippen molar-refractivity contribution in [1.82, 2.24) is 15.5 Å². The van der Waals surface area contributed by atoms with Crippen LogP contribution in [0.2, 0.25) is 0 Å². The SMILES string of the molecule is O=C(O)CNC(=O)[C@@H]1CCCCN1C(=O)[C@@H]1CCCN1. The number of rotatable bonds is 4. The molecule has 2 amide bonds. The topological polar surface area (TPSA) is 98.7 Å². The van der Waals surface area contributed by atoms with Crippen LogP contribution in [0.1, 0.15) is 32.1 Å². The number of carbonyl (C=O) groups excluding carboxylic acids is 2. The first kappa shape index (κ1) is 14.8. The van der Waals surface area contributed by atoms with Crippen molar-refractivity contribution in [2.24, 2.45) is 0 Å². The lowest BCUT2D eigenvalue weighted by Crippen LogP contribution is -2.56. The van der Waals surface area contributed by atoms with Gasteiger partial charge in [-0.25, -0.2) is 0 Å². The molecule has 0 aromatic rings. The van der Waals surface area contributed by atoms with Crippen LogP contribution in [-0.2, 0) is 14.4 Å². The van der Waals surface area contributed by atoms with Crippen molar-refractivity contribution < 1.29 is 19.5 Å². The average Bonchev–Trinajstić information content (AvgIpc) is 2.98. The number of carbonyl (C=O) groups is 3. The molecule has 0 aromatic carbocycles. The predicted molar refractivity (Wildman–Crippen MR) is 71.0 cm³/mol. The van der Waals surface area contributed by atoms with Crippen molar-refractivity contribution in [2.75, 3.05) is 19.6 Å². The quantitative estimate of drug-likeness (QED) is 0.635. The van der Waals surface area contributed by atoms with E-state index in [1.54, 1.807) is 4.90 Å². The van der Waals surface area contributed by atoms with Gasteiger partial charge in [0.05, 0.1) is 6.04 Å². The Morgan fingerprint density at radius 3 is 2.65 bits per heavy atom. The molecule has 20 heavy (non-hydrogen) atoms. The molecule has 2 atom stereocenters. The Labute approximate surface area is 117 Å². The molecule has 2 aliphatic heterocycles. The number of nitrogens with one attached hydrogen (secondary N) is 2. The van der Waals surface area contributed by atoms with Gasteiger partial charge in [0.1, 0.15) is 12.6 Å². The number of carboxylic acids is 1. The summed E-state index contributed by atoms with van der Waals surface area (Å²) in [7, 11) is 0. The summed E-state index contributed by atoms with van der Waals surface area (Å²) in [6, 6.07) is -0.721. The Balaban J connectivity index is 1.98. The summed E-state index contributed by atoms with van der Waals surface area (Å²) in [4.78, 5) is 36.6. The smallest absolute Gasteiger partial charge is 0.322 e. The number of amides is 2. The molecule has 3 N–H and O–H groups in total. The fraction of sp³-hybridized carbons (Fsp3) is 0.769. The fourth-order valence-electron chi connectivity index (χ4n) is 2.84. The van der Waals surface area contributed by atoms with Crippen LogP contribution in [0.5, 0.6) is 0 Å². The van der Waals surface area contributed by atoms with E-state index in [-0.39, 0.29) is 17.9 Å². The summed E-state index contributed by atoms with van der Waals surface area (Å²) in [6.07, 6.45) is 4.15. The van der Waals surface area contributed by atoms with E-state index >= 15 is 0 Å². The normalized spacial score (nSPS) is 26.3. The average molecular weight is 283 g/mol. The Bertz CT molecular complexity index is 393. The van der Waals surface area contributed by atoms with Gasteiger partial charge in [0.2, 0.25) is 11.8 Å². The molecule has 112 valence electrons. The number of hydrogen-bond acceptors (Lipinski definition) is 4. The molecule has 0 saturated carbocycles. The van der Waals surface area contributed by atoms with Crippen molar-refractivity contribution in [1.29, 1.82) is 0 Å². The zero-order valence-corrected chi connectivity index (χ0v) is 11.4. The van der Waals surface area contributed by atoms with E-state index < -0.39 is 18.6 Å². The lowest BCUT2D eigenvalue weighted by Gasteiger charge is -2.36. The molecule has 0 radical (unpaired) electrons. The van der Waals surface area contributed by atoms with Gasteiger partial charge in [-0.15, -0.1) is 0 Å². The van der Waals surface area contributed by atoms with E-state index in [9.17, 15) is 14.4 Å². The summed E-state index contributed by atoms with van der Waals surface area (Å²) in [5.41, 5.74) is 0. The summed E-state index contributed by atoms with van der Waals surface area (Å²) in [5.74, 6) is -1.47. The van der Waals surface area contributed by atoms with E-state index in [2.05, 4.69) is 10.6 Å². The zero-order chi connectivity index (χ0) is 14.5. The monoisotopic (exact) mass is 283 g/mol. The van der Waals surface area contributed by atoms with E-state index in [1.165, 1.54) is 0 Å². The van der Waals surface area contributed by atoms with Crippen LogP contribution in [0.25, 0.3) is 0 Å². The van der Waals surface area contributed by atoms with Gasteiger partial charge in [0.25, 0.3) is 0 Å². The van der Waals surface area contributed by atoms with Gasteiger partial charge in [-0.3, -0.25) is 14.4 Å². The molecule has 2 aliphatic rings. The van der Waals surface area contributed by atoms with E-state index in [0.29, 0.717) is 13.0 Å². The molecule has 2 fully saturated rings. The molecular formula is C13H21N3O4. The highest BCUT2D eigenvalue weighted by Crippen LogP contribution is 2.20. The van der Waals surface area contributed by atoms with Crippen LogP contribution >= 0.6 is 0 Å². The lowest BCUT2D eigenvalue weighted by molar-refractivity contribution is -0.144. The number of carboxylic acid groups (broad SMARTS) is 1. The third kappa shape index (κ3) is 3.47. The van der Waals surface area contributed by atoms with Crippen molar-refractivity contribution in [3.05, 3.63) is 0 Å². The minimum absolute atomic E-state index is 0.0299. The highest BCUT2D eigenvalue weighted by atomic mass is 16.4. The molecule has 0 spiro atoms. The van der Waals surface area contributed by atoms with Crippen LogP contribution in [0.3, 0.4) is 0 Å². The molecule has 2 heterocycles. The van der Waals surface area contributed by atoms with Crippen LogP contribution in [0.4, 0.5) is 0 Å². The van der Waals surface area contributed by atoms with Crippen molar-refractivity contribution in [2.45, 2.75) is 44.2 Å². The minimum Gasteiger partial charge on any atom is -0.480 e. The largest absolute Gasteiger partial charge is 0.480 e. The Morgan fingerprint density at radius 2 is 2.00 bits per heavy atom. The first-order chi connectivity index (χ1) is 9.59. The van der Waals surface area contributed by atoms with Gasteiger partial charge in [-0.1, -0.05) is 0 Å². The van der Waals surface area contributed by atoms with Gasteiger partial charge in [0.15, 0.2) is 0 Å². The zero-order valence-electron chi connectivity index (χ0n) is 11.4. The molecule has 2 rings (SSSR count). The van der Waals surface area contributed by atoms with Gasteiger partial charge in [0, 0.05) is 6.54 Å². The Kier molecular flexibility index (Phi) is 4.94. The number of aliphatic carboxylic acids is 1. The van der Waals surface area contributed by atoms with Crippen LogP contribution in [0.15, 0.2) is 0 Å². The Morgan fingerprint density at radius 1 is 1.20 bits per heavy atom. The minimum atomic E-state index is -1.08. The summed E-state index contributed by atoms with van der Waals surface area (Å²) in [6.45, 7) is 1.00. The molecule has 2 saturated heterocycles. The molecule has 7 nitrogen and oxygen atoms in total. The maximum atomic E-state index is 12.4.